The summed E-state index contributed by atoms with van der Waals surface area (Å²) >= 11 is 1.37. The lowest BCUT2D eigenvalue weighted by Crippen LogP contribution is -2.45. The van der Waals surface area contributed by atoms with Gasteiger partial charge in [0.2, 0.25) is 15.9 Å². The zero-order valence-electron chi connectivity index (χ0n) is 14.0. The van der Waals surface area contributed by atoms with Crippen LogP contribution in [0.3, 0.4) is 0 Å². The lowest BCUT2D eigenvalue weighted by atomic mass is 9.95. The maximum absolute atomic E-state index is 13.2. The molecule has 1 amide bonds. The molecule has 0 radical (unpaired) electrons. The van der Waals surface area contributed by atoms with E-state index in [4.69, 9.17) is 4.52 Å². The summed E-state index contributed by atoms with van der Waals surface area (Å²) < 4.78 is 33.1. The van der Waals surface area contributed by atoms with Crippen molar-refractivity contribution in [3.8, 4) is 10.6 Å². The molecule has 7 nitrogen and oxygen atoms in total. The number of amides is 1. The van der Waals surface area contributed by atoms with Gasteiger partial charge in [0.15, 0.2) is 5.76 Å². The molecule has 5 rings (SSSR count). The highest BCUT2D eigenvalue weighted by molar-refractivity contribution is 7.89. The molecule has 3 saturated heterocycles. The third kappa shape index (κ3) is 2.70. The molecular weight excluding hydrogens is 362 g/mol. The first-order chi connectivity index (χ1) is 11.9. The summed E-state index contributed by atoms with van der Waals surface area (Å²) in [4.78, 5) is 15.8. The Morgan fingerprint density at radius 1 is 1.32 bits per heavy atom. The van der Waals surface area contributed by atoms with Crippen molar-refractivity contribution in [2.45, 2.75) is 30.7 Å². The van der Waals surface area contributed by atoms with Crippen molar-refractivity contribution in [2.75, 3.05) is 20.1 Å². The van der Waals surface area contributed by atoms with Crippen LogP contribution < -0.4 is 0 Å². The predicted octanol–water partition coefficient (Wildman–Crippen LogP) is 1.95. The maximum Gasteiger partial charge on any atom is 0.244 e. The van der Waals surface area contributed by atoms with Gasteiger partial charge < -0.3 is 9.42 Å². The van der Waals surface area contributed by atoms with Gasteiger partial charge in [0.05, 0.1) is 21.9 Å². The third-order valence-corrected chi connectivity index (χ3v) is 8.25. The molecule has 9 heteroatoms. The number of nitrogens with zero attached hydrogens (tertiary/aromatic N) is 3. The van der Waals surface area contributed by atoms with Crippen LogP contribution in [0, 0.1) is 12.8 Å². The number of likely N-dealkylation sites (N-methyl/N-ethyl adjacent to an activating group) is 1. The molecule has 3 fully saturated rings. The van der Waals surface area contributed by atoms with Crippen LogP contribution in [-0.4, -0.2) is 54.9 Å². The van der Waals surface area contributed by atoms with E-state index in [1.165, 1.54) is 21.8 Å². The molecule has 0 aliphatic carbocycles. The topological polar surface area (TPSA) is 83.7 Å². The van der Waals surface area contributed by atoms with Crippen LogP contribution >= 0.6 is 11.3 Å². The number of hydrogen-bond acceptors (Lipinski definition) is 6. The largest absolute Gasteiger partial charge is 0.355 e. The van der Waals surface area contributed by atoms with Crippen LogP contribution in [0.5, 0.6) is 0 Å². The molecular formula is C16H19N3O4S2. The van der Waals surface area contributed by atoms with Crippen molar-refractivity contribution in [3.63, 3.8) is 0 Å². The summed E-state index contributed by atoms with van der Waals surface area (Å²) in [6.07, 6.45) is 3.14. The van der Waals surface area contributed by atoms with E-state index in [9.17, 15) is 13.2 Å². The minimum atomic E-state index is -3.66. The molecule has 25 heavy (non-hydrogen) atoms. The molecule has 3 aliphatic heterocycles. The normalized spacial score (nSPS) is 24.7. The Bertz CT molecular complexity index is 904. The molecule has 134 valence electrons. The SMILES string of the molecule is Cc1sc(-c2ccno2)cc1S(=O)(=O)N1C[C@H]2CC[C@@H](C1)N(C)C2=O. The Kier molecular flexibility index (Phi) is 3.97. The summed E-state index contributed by atoms with van der Waals surface area (Å²) in [5, 5.41) is 3.68. The fraction of sp³-hybridized carbons (Fsp3) is 0.500. The van der Waals surface area contributed by atoms with Crippen molar-refractivity contribution in [3.05, 3.63) is 23.2 Å². The van der Waals surface area contributed by atoms with E-state index in [2.05, 4.69) is 5.16 Å². The van der Waals surface area contributed by atoms with Crippen LogP contribution in [0.15, 0.2) is 27.7 Å². The fourth-order valence-electron chi connectivity index (χ4n) is 3.64. The first-order valence-electron chi connectivity index (χ1n) is 8.16. The van der Waals surface area contributed by atoms with Crippen molar-refractivity contribution in [1.82, 2.24) is 14.4 Å². The number of carbonyl (C=O) groups is 1. The van der Waals surface area contributed by atoms with E-state index in [0.717, 1.165) is 17.7 Å². The summed E-state index contributed by atoms with van der Waals surface area (Å²) in [6.45, 7) is 2.41. The van der Waals surface area contributed by atoms with E-state index in [0.29, 0.717) is 22.1 Å². The molecule has 2 atom stereocenters. The lowest BCUT2D eigenvalue weighted by Gasteiger charge is -2.32. The van der Waals surface area contributed by atoms with E-state index >= 15 is 0 Å². The van der Waals surface area contributed by atoms with Crippen LogP contribution in [0.1, 0.15) is 17.7 Å². The van der Waals surface area contributed by atoms with E-state index in [-0.39, 0.29) is 24.4 Å². The number of sulfonamides is 1. The maximum atomic E-state index is 13.2. The Balaban J connectivity index is 1.70. The van der Waals surface area contributed by atoms with Gasteiger partial charge in [-0.3, -0.25) is 4.79 Å². The van der Waals surface area contributed by atoms with Gasteiger partial charge in [0.25, 0.3) is 0 Å². The minimum absolute atomic E-state index is 0.0475. The van der Waals surface area contributed by atoms with Gasteiger partial charge in [-0.15, -0.1) is 11.3 Å². The average molecular weight is 381 g/mol. The standard InChI is InChI=1S/C16H19N3O4S2/c1-10-15(7-14(24-10)13-5-6-17-23-13)25(21,22)19-8-11-3-4-12(9-19)18(2)16(11)20/h5-7,11-12H,3-4,8-9H2,1-2H3/t11-,12+/m1/s1. The molecule has 0 aromatic carbocycles. The Labute approximate surface area is 150 Å². The quantitative estimate of drug-likeness (QED) is 0.811. The second-order valence-electron chi connectivity index (χ2n) is 6.61. The van der Waals surface area contributed by atoms with Crippen LogP contribution in [0.25, 0.3) is 10.6 Å². The monoisotopic (exact) mass is 381 g/mol. The number of hydrogen-bond donors (Lipinski definition) is 0. The Hall–Kier alpha value is -1.71. The van der Waals surface area contributed by atoms with Gasteiger partial charge in [0, 0.05) is 37.1 Å². The number of aryl methyl sites for hydroxylation is 1. The van der Waals surface area contributed by atoms with Crippen molar-refractivity contribution >= 4 is 27.3 Å². The third-order valence-electron chi connectivity index (χ3n) is 5.10. The van der Waals surface area contributed by atoms with Gasteiger partial charge in [-0.05, 0) is 25.8 Å². The highest BCUT2D eigenvalue weighted by atomic mass is 32.2. The van der Waals surface area contributed by atoms with Gasteiger partial charge in [-0.25, -0.2) is 8.42 Å². The van der Waals surface area contributed by atoms with E-state index < -0.39 is 10.0 Å². The summed E-state index contributed by atoms with van der Waals surface area (Å²) in [6, 6.07) is 3.31. The lowest BCUT2D eigenvalue weighted by molar-refractivity contribution is -0.138. The number of rotatable bonds is 3. The highest BCUT2D eigenvalue weighted by Gasteiger charge is 2.43. The van der Waals surface area contributed by atoms with Crippen molar-refractivity contribution in [1.29, 1.82) is 0 Å². The Morgan fingerprint density at radius 2 is 2.12 bits per heavy atom. The summed E-state index contributed by atoms with van der Waals surface area (Å²) in [7, 11) is -1.89. The molecule has 2 aromatic rings. The molecule has 3 aliphatic rings. The number of carbonyl (C=O) groups excluding carboxylic acids is 1. The fourth-order valence-corrected chi connectivity index (χ4v) is 6.68. The molecule has 0 spiro atoms. The molecule has 5 heterocycles. The minimum Gasteiger partial charge on any atom is -0.355 e. The van der Waals surface area contributed by atoms with Crippen molar-refractivity contribution < 1.29 is 17.7 Å². The second kappa shape index (κ2) is 5.93. The van der Waals surface area contributed by atoms with Gasteiger partial charge in [0.1, 0.15) is 0 Å². The van der Waals surface area contributed by atoms with Crippen molar-refractivity contribution in [2.24, 2.45) is 5.92 Å². The number of aromatic nitrogens is 1. The highest BCUT2D eigenvalue weighted by Crippen LogP contribution is 2.37. The Morgan fingerprint density at radius 3 is 2.84 bits per heavy atom. The number of piperidine rings is 1. The molecule has 0 unspecified atom stereocenters. The smallest absolute Gasteiger partial charge is 0.244 e. The second-order valence-corrected chi connectivity index (χ2v) is 9.77. The zero-order valence-corrected chi connectivity index (χ0v) is 15.6. The van der Waals surface area contributed by atoms with Gasteiger partial charge >= 0.3 is 0 Å². The van der Waals surface area contributed by atoms with Gasteiger partial charge in [-0.1, -0.05) is 5.16 Å². The van der Waals surface area contributed by atoms with E-state index in [1.54, 1.807) is 31.0 Å². The molecule has 0 N–H and O–H groups in total. The van der Waals surface area contributed by atoms with Crippen LogP contribution in [0.2, 0.25) is 0 Å². The molecule has 0 saturated carbocycles. The predicted molar refractivity (Wildman–Crippen MR) is 92.6 cm³/mol. The van der Waals surface area contributed by atoms with Gasteiger partial charge in [-0.2, -0.15) is 4.31 Å². The molecule has 2 aromatic heterocycles. The van der Waals surface area contributed by atoms with Crippen LogP contribution in [0.4, 0.5) is 0 Å². The molecule has 2 bridgehead atoms. The summed E-state index contributed by atoms with van der Waals surface area (Å²) in [5.74, 6) is 0.366. The zero-order chi connectivity index (χ0) is 17.8. The first-order valence-corrected chi connectivity index (χ1v) is 10.4. The average Bonchev–Trinajstić information content (AvgIpc) is 3.15. The number of fused-ring (bicyclic) bond motifs is 4. The van der Waals surface area contributed by atoms with E-state index in [1.807, 2.05) is 0 Å². The first kappa shape index (κ1) is 16.7. The van der Waals surface area contributed by atoms with Crippen LogP contribution in [-0.2, 0) is 14.8 Å². The summed E-state index contributed by atoms with van der Waals surface area (Å²) in [5.41, 5.74) is 0. The number of thiophene rings is 1.